The minimum absolute atomic E-state index is 0.368. The summed E-state index contributed by atoms with van der Waals surface area (Å²) < 4.78 is 16.7. The van der Waals surface area contributed by atoms with Crippen LogP contribution >= 0.6 is 0 Å². The number of nitrogens with zero attached hydrogens (tertiary/aromatic N) is 1. The normalized spacial score (nSPS) is 14.0. The number of ether oxygens (including phenoxy) is 3. The van der Waals surface area contributed by atoms with Gasteiger partial charge in [0.2, 0.25) is 0 Å². The van der Waals surface area contributed by atoms with E-state index in [-0.39, 0.29) is 0 Å². The van der Waals surface area contributed by atoms with Crippen molar-refractivity contribution < 1.29 is 19.3 Å². The van der Waals surface area contributed by atoms with Gasteiger partial charge in [0.25, 0.3) is 0 Å². The Balaban J connectivity index is 1.84. The molecule has 0 saturated carbocycles. The summed E-state index contributed by atoms with van der Waals surface area (Å²) in [5.74, 6) is 2.72. The zero-order valence-corrected chi connectivity index (χ0v) is 15.5. The van der Waals surface area contributed by atoms with Gasteiger partial charge in [0.1, 0.15) is 18.2 Å². The molecule has 1 N–H and O–H groups in total. The SMILES string of the molecule is COc1ccc(CN2COc3c(C)c(C)c(O)c(C)c3C2)cc1OC. The van der Waals surface area contributed by atoms with Crippen LogP contribution in [0.1, 0.15) is 27.8 Å². The number of hydrogen-bond donors (Lipinski definition) is 1. The van der Waals surface area contributed by atoms with E-state index in [1.807, 2.05) is 39.0 Å². The van der Waals surface area contributed by atoms with E-state index < -0.39 is 0 Å². The van der Waals surface area contributed by atoms with Crippen molar-refractivity contribution in [1.29, 1.82) is 0 Å². The molecule has 0 fully saturated rings. The predicted octanol–water partition coefficient (Wildman–Crippen LogP) is 3.69. The van der Waals surface area contributed by atoms with Crippen LogP contribution in [0.2, 0.25) is 0 Å². The van der Waals surface area contributed by atoms with E-state index in [2.05, 4.69) is 4.90 Å². The van der Waals surface area contributed by atoms with Crippen LogP contribution in [0, 0.1) is 20.8 Å². The molecule has 0 amide bonds. The number of rotatable bonds is 4. The lowest BCUT2D eigenvalue weighted by Crippen LogP contribution is -2.32. The monoisotopic (exact) mass is 343 g/mol. The molecule has 1 aliphatic rings. The Morgan fingerprint density at radius 1 is 1.04 bits per heavy atom. The first-order valence-electron chi connectivity index (χ1n) is 8.33. The van der Waals surface area contributed by atoms with E-state index in [1.165, 1.54) is 0 Å². The summed E-state index contributed by atoms with van der Waals surface area (Å²) in [6.45, 7) is 7.86. The third-order valence-corrected chi connectivity index (χ3v) is 4.97. The van der Waals surface area contributed by atoms with Crippen LogP contribution in [0.3, 0.4) is 0 Å². The zero-order chi connectivity index (χ0) is 18.1. The molecule has 1 aliphatic heterocycles. The van der Waals surface area contributed by atoms with Crippen molar-refractivity contribution in [3.05, 3.63) is 46.0 Å². The van der Waals surface area contributed by atoms with Gasteiger partial charge >= 0.3 is 0 Å². The summed E-state index contributed by atoms with van der Waals surface area (Å²) in [6, 6.07) is 5.93. The van der Waals surface area contributed by atoms with Gasteiger partial charge in [-0.3, -0.25) is 4.90 Å². The Kier molecular flexibility index (Phi) is 4.77. The molecule has 0 unspecified atom stereocenters. The van der Waals surface area contributed by atoms with Gasteiger partial charge in [-0.15, -0.1) is 0 Å². The summed E-state index contributed by atoms with van der Waals surface area (Å²) in [7, 11) is 3.27. The Labute approximate surface area is 148 Å². The highest BCUT2D eigenvalue weighted by Gasteiger charge is 2.25. The Morgan fingerprint density at radius 2 is 1.76 bits per heavy atom. The van der Waals surface area contributed by atoms with Crippen molar-refractivity contribution in [2.24, 2.45) is 0 Å². The van der Waals surface area contributed by atoms with Crippen molar-refractivity contribution >= 4 is 0 Å². The second-order valence-corrected chi connectivity index (χ2v) is 6.48. The molecule has 1 heterocycles. The average molecular weight is 343 g/mol. The molecule has 0 atom stereocenters. The maximum Gasteiger partial charge on any atom is 0.161 e. The summed E-state index contributed by atoms with van der Waals surface area (Å²) in [4.78, 5) is 2.20. The fourth-order valence-electron chi connectivity index (χ4n) is 3.32. The summed E-state index contributed by atoms with van der Waals surface area (Å²) in [6.07, 6.45) is 0. The number of fused-ring (bicyclic) bond motifs is 1. The second-order valence-electron chi connectivity index (χ2n) is 6.48. The highest BCUT2D eigenvalue weighted by atomic mass is 16.5. The Bertz CT molecular complexity index is 801. The summed E-state index contributed by atoms with van der Waals surface area (Å²) >= 11 is 0. The summed E-state index contributed by atoms with van der Waals surface area (Å²) in [5, 5.41) is 10.3. The van der Waals surface area contributed by atoms with E-state index in [4.69, 9.17) is 14.2 Å². The molecular formula is C20H25NO4. The topological polar surface area (TPSA) is 51.2 Å². The van der Waals surface area contributed by atoms with Gasteiger partial charge in [-0.05, 0) is 55.2 Å². The van der Waals surface area contributed by atoms with Crippen LogP contribution in [0.15, 0.2) is 18.2 Å². The fourth-order valence-corrected chi connectivity index (χ4v) is 3.32. The van der Waals surface area contributed by atoms with E-state index >= 15 is 0 Å². The molecule has 0 aliphatic carbocycles. The standard InChI is InChI=1S/C20H25NO4/c1-12-13(2)20-16(14(3)19(12)22)10-21(11-25-20)9-15-6-7-17(23-4)18(8-15)24-5/h6-8,22H,9-11H2,1-5H3. The highest BCUT2D eigenvalue weighted by molar-refractivity contribution is 5.57. The minimum Gasteiger partial charge on any atom is -0.507 e. The first kappa shape index (κ1) is 17.4. The van der Waals surface area contributed by atoms with Crippen molar-refractivity contribution in [2.75, 3.05) is 21.0 Å². The molecule has 2 aromatic rings. The molecule has 0 spiro atoms. The van der Waals surface area contributed by atoms with E-state index in [0.717, 1.165) is 58.2 Å². The van der Waals surface area contributed by atoms with Gasteiger partial charge in [0.05, 0.1) is 14.2 Å². The van der Waals surface area contributed by atoms with Crippen molar-refractivity contribution in [2.45, 2.75) is 33.9 Å². The lowest BCUT2D eigenvalue weighted by atomic mass is 9.96. The quantitative estimate of drug-likeness (QED) is 0.918. The summed E-state index contributed by atoms with van der Waals surface area (Å²) in [5.41, 5.74) is 4.99. The van der Waals surface area contributed by atoms with E-state index in [9.17, 15) is 5.11 Å². The van der Waals surface area contributed by atoms with Crippen LogP contribution in [0.4, 0.5) is 0 Å². The van der Waals surface area contributed by atoms with Gasteiger partial charge in [0, 0.05) is 18.7 Å². The number of phenolic OH excluding ortho intramolecular Hbond substituents is 1. The van der Waals surface area contributed by atoms with Crippen molar-refractivity contribution in [3.8, 4) is 23.0 Å². The molecule has 3 rings (SSSR count). The maximum atomic E-state index is 10.3. The number of benzene rings is 2. The van der Waals surface area contributed by atoms with Crippen molar-refractivity contribution in [1.82, 2.24) is 4.90 Å². The van der Waals surface area contributed by atoms with E-state index in [1.54, 1.807) is 14.2 Å². The second kappa shape index (κ2) is 6.84. The van der Waals surface area contributed by atoms with Crippen LogP contribution in [0.5, 0.6) is 23.0 Å². The molecule has 5 heteroatoms. The first-order valence-corrected chi connectivity index (χ1v) is 8.33. The number of phenols is 1. The average Bonchev–Trinajstić information content (AvgIpc) is 2.64. The van der Waals surface area contributed by atoms with Gasteiger partial charge in [0.15, 0.2) is 11.5 Å². The molecule has 25 heavy (non-hydrogen) atoms. The zero-order valence-electron chi connectivity index (χ0n) is 15.5. The number of methoxy groups -OCH3 is 2. The highest BCUT2D eigenvalue weighted by Crippen LogP contribution is 2.40. The Morgan fingerprint density at radius 3 is 2.44 bits per heavy atom. The third-order valence-electron chi connectivity index (χ3n) is 4.97. The van der Waals surface area contributed by atoms with Crippen molar-refractivity contribution in [3.63, 3.8) is 0 Å². The molecule has 0 radical (unpaired) electrons. The van der Waals surface area contributed by atoms with E-state index in [0.29, 0.717) is 12.5 Å². The molecule has 2 aromatic carbocycles. The lowest BCUT2D eigenvalue weighted by molar-refractivity contribution is 0.0871. The lowest BCUT2D eigenvalue weighted by Gasteiger charge is -2.32. The fraction of sp³-hybridized carbons (Fsp3) is 0.400. The van der Waals surface area contributed by atoms with Crippen LogP contribution in [-0.2, 0) is 13.1 Å². The van der Waals surface area contributed by atoms with Gasteiger partial charge < -0.3 is 19.3 Å². The molecule has 0 saturated heterocycles. The number of aromatic hydroxyl groups is 1. The van der Waals surface area contributed by atoms with Gasteiger partial charge in [-0.2, -0.15) is 0 Å². The minimum atomic E-state index is 0.368. The molecule has 5 nitrogen and oxygen atoms in total. The van der Waals surface area contributed by atoms with Crippen LogP contribution in [-0.4, -0.2) is 31.0 Å². The largest absolute Gasteiger partial charge is 0.507 e. The molecule has 134 valence electrons. The number of hydrogen-bond acceptors (Lipinski definition) is 5. The first-order chi connectivity index (χ1) is 12.0. The van der Waals surface area contributed by atoms with Crippen LogP contribution in [0.25, 0.3) is 0 Å². The van der Waals surface area contributed by atoms with Crippen LogP contribution < -0.4 is 14.2 Å². The molecular weight excluding hydrogens is 318 g/mol. The predicted molar refractivity (Wildman–Crippen MR) is 96.6 cm³/mol. The molecule has 0 aromatic heterocycles. The Hall–Kier alpha value is -2.40. The third kappa shape index (κ3) is 3.12. The molecule has 0 bridgehead atoms. The smallest absolute Gasteiger partial charge is 0.161 e. The maximum absolute atomic E-state index is 10.3. The van der Waals surface area contributed by atoms with Gasteiger partial charge in [-0.25, -0.2) is 0 Å². The van der Waals surface area contributed by atoms with Gasteiger partial charge in [-0.1, -0.05) is 6.07 Å².